The SMILES string of the molecule is CCCCC[P+](c1ccccc1)(c1ccccc1)c1ccccc1.[Br][Fe-]([Br])([Br])[Br]. The Kier molecular flexibility index (Phi) is 11.7. The molecular weight excluding hydrogens is 683 g/mol. The Balaban J connectivity index is 0.000000537. The zero-order valence-electron chi connectivity index (χ0n) is 16.3. The summed E-state index contributed by atoms with van der Waals surface area (Å²) in [4.78, 5) is 0. The maximum atomic E-state index is 3.25. The number of unbranched alkanes of at least 4 members (excludes halogenated alkanes) is 2. The Bertz CT molecular complexity index is 721. The van der Waals surface area contributed by atoms with Gasteiger partial charge in [-0.3, -0.25) is 0 Å². The fourth-order valence-corrected chi connectivity index (χ4v) is 7.89. The number of benzene rings is 3. The molecule has 3 aromatic carbocycles. The van der Waals surface area contributed by atoms with Crippen molar-refractivity contribution in [3.8, 4) is 0 Å². The molecule has 0 amide bonds. The molecule has 0 aromatic heterocycles. The van der Waals surface area contributed by atoms with Crippen LogP contribution < -0.4 is 15.9 Å². The second-order valence-electron chi connectivity index (χ2n) is 6.55. The third kappa shape index (κ3) is 8.53. The van der Waals surface area contributed by atoms with Crippen molar-refractivity contribution in [2.75, 3.05) is 6.16 Å². The van der Waals surface area contributed by atoms with Crippen LogP contribution in [0.3, 0.4) is 0 Å². The molecule has 0 nitrogen and oxygen atoms in total. The van der Waals surface area contributed by atoms with Crippen molar-refractivity contribution in [1.29, 1.82) is 0 Å². The van der Waals surface area contributed by atoms with Crippen LogP contribution in [0.25, 0.3) is 0 Å². The monoisotopic (exact) mass is 705 g/mol. The first kappa shape index (κ1) is 25.8. The van der Waals surface area contributed by atoms with Gasteiger partial charge in [0.05, 0.1) is 6.16 Å². The van der Waals surface area contributed by atoms with Gasteiger partial charge in [-0.2, -0.15) is 0 Å². The second kappa shape index (κ2) is 13.2. The molecule has 0 radical (unpaired) electrons. The van der Waals surface area contributed by atoms with Gasteiger partial charge in [0, 0.05) is 0 Å². The van der Waals surface area contributed by atoms with Gasteiger partial charge in [0.25, 0.3) is 0 Å². The molecule has 0 heterocycles. The summed E-state index contributed by atoms with van der Waals surface area (Å²) in [6, 6.07) is 33.5. The van der Waals surface area contributed by atoms with E-state index in [1.54, 1.807) is 0 Å². The van der Waals surface area contributed by atoms with E-state index in [0.717, 1.165) is 0 Å². The van der Waals surface area contributed by atoms with Gasteiger partial charge in [-0.15, -0.1) is 0 Å². The van der Waals surface area contributed by atoms with E-state index in [0.29, 0.717) is 0 Å². The van der Waals surface area contributed by atoms with E-state index in [-0.39, 0.29) is 0 Å². The van der Waals surface area contributed by atoms with Gasteiger partial charge in [0.1, 0.15) is 23.2 Å². The second-order valence-corrected chi connectivity index (χ2v) is 43.6. The molecule has 0 bridgehead atoms. The van der Waals surface area contributed by atoms with Crippen LogP contribution in [0.4, 0.5) is 0 Å². The molecule has 3 rings (SSSR count). The van der Waals surface area contributed by atoms with Crippen LogP contribution in [0.15, 0.2) is 91.0 Å². The van der Waals surface area contributed by atoms with Crippen molar-refractivity contribution in [2.24, 2.45) is 0 Å². The van der Waals surface area contributed by atoms with Crippen LogP contribution in [-0.2, 0) is 5.61 Å². The van der Waals surface area contributed by atoms with Gasteiger partial charge in [0.2, 0.25) is 0 Å². The summed E-state index contributed by atoms with van der Waals surface area (Å²) in [5.41, 5.74) is -1.25. The van der Waals surface area contributed by atoms with Gasteiger partial charge in [-0.1, -0.05) is 74.4 Å². The summed E-state index contributed by atoms with van der Waals surface area (Å²) in [5, 5.41) is 4.50. The molecule has 159 valence electrons. The average Bonchev–Trinajstić information content (AvgIpc) is 2.72. The van der Waals surface area contributed by atoms with E-state index in [9.17, 15) is 0 Å². The van der Waals surface area contributed by atoms with E-state index in [1.165, 1.54) is 41.3 Å². The Morgan fingerprint density at radius 3 is 1.17 bits per heavy atom. The first-order valence-electron chi connectivity index (χ1n) is 9.46. The van der Waals surface area contributed by atoms with Crippen molar-refractivity contribution < 1.29 is 5.61 Å². The van der Waals surface area contributed by atoms with E-state index in [2.05, 4.69) is 154 Å². The zero-order chi connectivity index (χ0) is 21.2. The van der Waals surface area contributed by atoms with Gasteiger partial charge < -0.3 is 0 Å². The van der Waals surface area contributed by atoms with Gasteiger partial charge in [0.15, 0.2) is 0 Å². The molecule has 3 aromatic rings. The van der Waals surface area contributed by atoms with Crippen LogP contribution in [0.5, 0.6) is 0 Å². The standard InChI is InChI=1S/C23H26P.4BrH.Fe/c1-2-3-13-20-24(21-14-7-4-8-15-21,22-16-9-5-10-17-22)23-18-11-6-12-19-23;;;;;/h4-12,14-19H,2-3,13,20H2,1H3;4*1H;/q+1;;;;;+3/p-4. The zero-order valence-corrected chi connectivity index (χ0v) is 24.6. The third-order valence-electron chi connectivity index (χ3n) is 4.69. The maximum absolute atomic E-state index is 3.25. The summed E-state index contributed by atoms with van der Waals surface area (Å²) in [6.45, 7) is 2.29. The molecule has 0 N–H and O–H groups in total. The Morgan fingerprint density at radius 1 is 0.586 bits per heavy atom. The Hall–Kier alpha value is 0.529. The molecule has 0 aliphatic rings. The molecule has 0 fully saturated rings. The van der Waals surface area contributed by atoms with Crippen LogP contribution in [0, 0.1) is 0 Å². The minimum atomic E-state index is -1.58. The summed E-state index contributed by atoms with van der Waals surface area (Å²) < 4.78 is 0. The predicted molar refractivity (Wildman–Crippen MR) is 145 cm³/mol. The van der Waals surface area contributed by atoms with E-state index < -0.39 is 12.9 Å². The van der Waals surface area contributed by atoms with E-state index >= 15 is 0 Å². The number of hydrogen-bond acceptors (Lipinski definition) is 0. The summed E-state index contributed by atoms with van der Waals surface area (Å²) in [6.07, 6.45) is 5.09. The number of halogens is 4. The molecule has 0 saturated heterocycles. The van der Waals surface area contributed by atoms with Gasteiger partial charge in [-0.25, -0.2) is 0 Å². The quantitative estimate of drug-likeness (QED) is 0.131. The predicted octanol–water partition coefficient (Wildman–Crippen LogP) is 8.55. The molecule has 6 heteroatoms. The summed E-state index contributed by atoms with van der Waals surface area (Å²) in [5.74, 6) is 0. The molecule has 0 aliphatic carbocycles. The summed E-state index contributed by atoms with van der Waals surface area (Å²) >= 11 is 13.0. The number of rotatable bonds is 7. The van der Waals surface area contributed by atoms with Crippen LogP contribution >= 0.6 is 63.7 Å². The molecule has 0 spiro atoms. The third-order valence-corrected chi connectivity index (χ3v) is 9.21. The van der Waals surface area contributed by atoms with E-state index in [4.69, 9.17) is 0 Å². The number of hydrogen-bond donors (Lipinski definition) is 0. The Morgan fingerprint density at radius 2 is 0.897 bits per heavy atom. The van der Waals surface area contributed by atoms with Crippen LogP contribution in [-0.4, -0.2) is 6.16 Å². The fourth-order valence-electron chi connectivity index (χ4n) is 3.48. The minimum absolute atomic E-state index is 1.25. The molecule has 29 heavy (non-hydrogen) atoms. The topological polar surface area (TPSA) is 0 Å². The van der Waals surface area contributed by atoms with Crippen LogP contribution in [0.2, 0.25) is 0 Å². The molecule has 0 atom stereocenters. The summed E-state index contributed by atoms with van der Waals surface area (Å²) in [7, 11) is -1.58. The first-order valence-corrected chi connectivity index (χ1v) is 22.4. The van der Waals surface area contributed by atoms with Gasteiger partial charge in [-0.05, 0) is 42.8 Å². The molecule has 0 saturated carbocycles. The normalized spacial score (nSPS) is 12.0. The van der Waals surface area contributed by atoms with Gasteiger partial charge >= 0.3 is 62.1 Å². The van der Waals surface area contributed by atoms with Crippen molar-refractivity contribution in [3.63, 3.8) is 0 Å². The Labute approximate surface area is 206 Å². The molecule has 0 unspecified atom stereocenters. The van der Waals surface area contributed by atoms with Crippen molar-refractivity contribution >= 4 is 79.6 Å². The van der Waals surface area contributed by atoms with Crippen molar-refractivity contribution in [3.05, 3.63) is 91.0 Å². The molecule has 0 aliphatic heterocycles. The fraction of sp³-hybridized carbons (Fsp3) is 0.217. The molecular formula is C23H26Br4FeP. The van der Waals surface area contributed by atoms with E-state index in [1.807, 2.05) is 0 Å². The average molecular weight is 709 g/mol. The first-order chi connectivity index (χ1) is 13.9. The van der Waals surface area contributed by atoms with Crippen LogP contribution in [0.1, 0.15) is 26.2 Å². The van der Waals surface area contributed by atoms with Crippen molar-refractivity contribution in [2.45, 2.75) is 26.2 Å². The van der Waals surface area contributed by atoms with Crippen molar-refractivity contribution in [1.82, 2.24) is 0 Å².